The molecule has 1 aromatic heterocycles. The third-order valence-corrected chi connectivity index (χ3v) is 5.15. The van der Waals surface area contributed by atoms with Crippen LogP contribution in [0.25, 0.3) is 5.69 Å². The summed E-state index contributed by atoms with van der Waals surface area (Å²) in [5.74, 6) is 0.898. The lowest BCUT2D eigenvalue weighted by atomic mass is 9.90. The Morgan fingerprint density at radius 2 is 2.03 bits per heavy atom. The normalized spacial score (nSPS) is 16.0. The van der Waals surface area contributed by atoms with Crippen molar-refractivity contribution in [2.24, 2.45) is 4.99 Å². The van der Waals surface area contributed by atoms with Gasteiger partial charge in [0.15, 0.2) is 5.96 Å². The van der Waals surface area contributed by atoms with Crippen LogP contribution in [0.2, 0.25) is 0 Å². The lowest BCUT2D eigenvalue weighted by Crippen LogP contribution is -2.40. The van der Waals surface area contributed by atoms with Crippen LogP contribution in [0, 0.1) is 0 Å². The van der Waals surface area contributed by atoms with Gasteiger partial charge in [0, 0.05) is 43.5 Å². The highest BCUT2D eigenvalue weighted by atomic mass is 16.1. The van der Waals surface area contributed by atoms with Crippen LogP contribution in [0.3, 0.4) is 0 Å². The van der Waals surface area contributed by atoms with Gasteiger partial charge in [-0.1, -0.05) is 36.4 Å². The maximum absolute atomic E-state index is 12.1. The average Bonchev–Trinajstić information content (AvgIpc) is 3.30. The molecule has 7 heteroatoms. The molecule has 3 aromatic rings. The fraction of sp³-hybridized carbons (Fsp3) is 0.261. The Hall–Kier alpha value is -3.61. The van der Waals surface area contributed by atoms with E-state index < -0.39 is 0 Å². The number of guanidine groups is 1. The number of hydrogen-bond acceptors (Lipinski definition) is 3. The Morgan fingerprint density at radius 3 is 2.87 bits per heavy atom. The SMILES string of the molecule is CCNC(=NCc1ccccc1-n1ccnc1)NCC1CC(=O)Nc2ccccc21. The molecule has 1 atom stereocenters. The highest BCUT2D eigenvalue weighted by Gasteiger charge is 2.24. The van der Waals surface area contributed by atoms with E-state index in [4.69, 9.17) is 4.99 Å². The lowest BCUT2D eigenvalue weighted by Gasteiger charge is -2.26. The fourth-order valence-corrected chi connectivity index (χ4v) is 3.71. The molecule has 2 aromatic carbocycles. The number of nitrogens with zero attached hydrogens (tertiary/aromatic N) is 3. The predicted octanol–water partition coefficient (Wildman–Crippen LogP) is 3.05. The van der Waals surface area contributed by atoms with E-state index in [0.717, 1.165) is 35.0 Å². The number of carbonyl (C=O) groups excluding carboxylic acids is 1. The molecule has 0 spiro atoms. The second kappa shape index (κ2) is 9.26. The maximum Gasteiger partial charge on any atom is 0.225 e. The number of imidazole rings is 1. The molecule has 1 unspecified atom stereocenters. The van der Waals surface area contributed by atoms with Crippen LogP contribution < -0.4 is 16.0 Å². The first kappa shape index (κ1) is 19.7. The molecular weight excluding hydrogens is 376 g/mol. The van der Waals surface area contributed by atoms with Gasteiger partial charge in [-0.15, -0.1) is 0 Å². The molecule has 7 nitrogen and oxygen atoms in total. The molecule has 4 rings (SSSR count). The number of hydrogen-bond donors (Lipinski definition) is 3. The molecular formula is C23H26N6O. The Labute approximate surface area is 176 Å². The number of fused-ring (bicyclic) bond motifs is 1. The van der Waals surface area contributed by atoms with Gasteiger partial charge in [-0.3, -0.25) is 4.79 Å². The number of nitrogens with one attached hydrogen (secondary N) is 3. The van der Waals surface area contributed by atoms with E-state index in [1.54, 1.807) is 12.5 Å². The maximum atomic E-state index is 12.1. The van der Waals surface area contributed by atoms with E-state index in [0.29, 0.717) is 19.5 Å². The number of anilines is 1. The summed E-state index contributed by atoms with van der Waals surface area (Å²) >= 11 is 0. The number of carbonyl (C=O) groups is 1. The first-order chi connectivity index (χ1) is 14.7. The Morgan fingerprint density at radius 1 is 1.20 bits per heavy atom. The number of amides is 1. The summed E-state index contributed by atoms with van der Waals surface area (Å²) in [5.41, 5.74) is 4.23. The topological polar surface area (TPSA) is 83.3 Å². The third-order valence-electron chi connectivity index (χ3n) is 5.15. The van der Waals surface area contributed by atoms with Gasteiger partial charge in [-0.2, -0.15) is 0 Å². The zero-order valence-corrected chi connectivity index (χ0v) is 17.0. The summed E-state index contributed by atoms with van der Waals surface area (Å²) in [5, 5.41) is 9.67. The largest absolute Gasteiger partial charge is 0.357 e. The number of rotatable bonds is 6. The molecule has 1 aliphatic heterocycles. The molecule has 154 valence electrons. The second-order valence-corrected chi connectivity index (χ2v) is 7.21. The quantitative estimate of drug-likeness (QED) is 0.437. The van der Waals surface area contributed by atoms with Crippen molar-refractivity contribution in [3.63, 3.8) is 0 Å². The second-order valence-electron chi connectivity index (χ2n) is 7.21. The van der Waals surface area contributed by atoms with Crippen LogP contribution >= 0.6 is 0 Å². The van der Waals surface area contributed by atoms with Crippen LogP contribution in [0.4, 0.5) is 5.69 Å². The number of aromatic nitrogens is 2. The first-order valence-corrected chi connectivity index (χ1v) is 10.2. The minimum atomic E-state index is 0.0525. The van der Waals surface area contributed by atoms with Gasteiger partial charge in [0.2, 0.25) is 5.91 Å². The zero-order valence-electron chi connectivity index (χ0n) is 17.0. The van der Waals surface area contributed by atoms with Gasteiger partial charge < -0.3 is 20.5 Å². The van der Waals surface area contributed by atoms with Gasteiger partial charge in [-0.05, 0) is 30.2 Å². The van der Waals surface area contributed by atoms with E-state index in [1.165, 1.54) is 0 Å². The van der Waals surface area contributed by atoms with Crippen molar-refractivity contribution in [1.29, 1.82) is 0 Å². The molecule has 2 heterocycles. The highest BCUT2D eigenvalue weighted by Crippen LogP contribution is 2.31. The smallest absolute Gasteiger partial charge is 0.225 e. The third kappa shape index (κ3) is 4.51. The molecule has 1 amide bonds. The summed E-state index contributed by atoms with van der Waals surface area (Å²) in [6.45, 7) is 3.97. The minimum absolute atomic E-state index is 0.0525. The summed E-state index contributed by atoms with van der Waals surface area (Å²) in [6, 6.07) is 16.1. The van der Waals surface area contributed by atoms with E-state index in [2.05, 4.69) is 39.1 Å². The first-order valence-electron chi connectivity index (χ1n) is 10.2. The average molecular weight is 403 g/mol. The van der Waals surface area contributed by atoms with Gasteiger partial charge in [0.1, 0.15) is 0 Å². The van der Waals surface area contributed by atoms with Gasteiger partial charge >= 0.3 is 0 Å². The van der Waals surface area contributed by atoms with Gasteiger partial charge in [-0.25, -0.2) is 9.98 Å². The van der Waals surface area contributed by atoms with Crippen molar-refractivity contribution in [3.8, 4) is 5.69 Å². The molecule has 1 aliphatic rings. The standard InChI is InChI=1S/C23H26N6O/c1-2-25-23(26-14-17-7-3-6-10-21(17)29-12-11-24-16-29)27-15-18-13-22(30)28-20-9-5-4-8-19(18)20/h3-12,16,18H,2,13-15H2,1H3,(H,28,30)(H2,25,26,27). The molecule has 0 bridgehead atoms. The predicted molar refractivity (Wildman–Crippen MR) is 119 cm³/mol. The summed E-state index contributed by atoms with van der Waals surface area (Å²) in [7, 11) is 0. The number of benzene rings is 2. The summed E-state index contributed by atoms with van der Waals surface area (Å²) < 4.78 is 1.99. The highest BCUT2D eigenvalue weighted by molar-refractivity contribution is 5.94. The van der Waals surface area contributed by atoms with Crippen LogP contribution in [0.1, 0.15) is 30.4 Å². The van der Waals surface area contributed by atoms with E-state index in [9.17, 15) is 4.79 Å². The van der Waals surface area contributed by atoms with Crippen LogP contribution in [0.15, 0.2) is 72.2 Å². The molecule has 0 fully saturated rings. The molecule has 0 saturated heterocycles. The van der Waals surface area contributed by atoms with Crippen LogP contribution in [0.5, 0.6) is 0 Å². The van der Waals surface area contributed by atoms with Crippen molar-refractivity contribution < 1.29 is 4.79 Å². The molecule has 0 saturated carbocycles. The van der Waals surface area contributed by atoms with Crippen molar-refractivity contribution in [2.75, 3.05) is 18.4 Å². The van der Waals surface area contributed by atoms with Crippen LogP contribution in [-0.2, 0) is 11.3 Å². The van der Waals surface area contributed by atoms with Crippen molar-refractivity contribution in [1.82, 2.24) is 20.2 Å². The van der Waals surface area contributed by atoms with E-state index in [1.807, 2.05) is 48.0 Å². The molecule has 0 aliphatic carbocycles. The zero-order chi connectivity index (χ0) is 20.8. The molecule has 30 heavy (non-hydrogen) atoms. The van der Waals surface area contributed by atoms with Gasteiger partial charge in [0.25, 0.3) is 0 Å². The summed E-state index contributed by atoms with van der Waals surface area (Å²) in [6.07, 6.45) is 5.95. The minimum Gasteiger partial charge on any atom is -0.357 e. The Bertz CT molecular complexity index is 1030. The van der Waals surface area contributed by atoms with Crippen molar-refractivity contribution in [3.05, 3.63) is 78.4 Å². The van der Waals surface area contributed by atoms with Gasteiger partial charge in [0.05, 0.1) is 18.6 Å². The molecule has 0 radical (unpaired) electrons. The Balaban J connectivity index is 1.48. The molecule has 3 N–H and O–H groups in total. The number of para-hydroxylation sites is 2. The number of aliphatic imine (C=N–C) groups is 1. The van der Waals surface area contributed by atoms with E-state index >= 15 is 0 Å². The lowest BCUT2D eigenvalue weighted by molar-refractivity contribution is -0.116. The van der Waals surface area contributed by atoms with Crippen molar-refractivity contribution in [2.45, 2.75) is 25.8 Å². The summed E-state index contributed by atoms with van der Waals surface area (Å²) in [4.78, 5) is 21.0. The van der Waals surface area contributed by atoms with Crippen molar-refractivity contribution >= 4 is 17.6 Å². The monoisotopic (exact) mass is 402 g/mol. The van der Waals surface area contributed by atoms with E-state index in [-0.39, 0.29) is 11.8 Å². The van der Waals surface area contributed by atoms with Crippen LogP contribution in [-0.4, -0.2) is 34.5 Å². The fourth-order valence-electron chi connectivity index (χ4n) is 3.71. The Kier molecular flexibility index (Phi) is 6.08.